The number of ether oxygens (including phenoxy) is 1. The lowest BCUT2D eigenvalue weighted by Gasteiger charge is -2.19. The largest absolute Gasteiger partial charge is 0.370 e. The maximum absolute atomic E-state index is 5.73. The lowest BCUT2D eigenvalue weighted by molar-refractivity contribution is 0.0119. The molecule has 1 aromatic carbocycles. The van der Waals surface area contributed by atoms with Crippen molar-refractivity contribution in [1.29, 1.82) is 0 Å². The molecule has 1 unspecified atom stereocenters. The first-order valence-electron chi connectivity index (χ1n) is 5.17. The molecule has 84 valence electrons. The van der Waals surface area contributed by atoms with Gasteiger partial charge in [-0.15, -0.1) is 11.8 Å². The average molecular weight is 225 g/mol. The summed E-state index contributed by atoms with van der Waals surface area (Å²) in [7, 11) is 0. The molecule has 15 heavy (non-hydrogen) atoms. The molecule has 0 aliphatic heterocycles. The van der Waals surface area contributed by atoms with E-state index in [0.717, 1.165) is 5.56 Å². The Balaban J connectivity index is 2.74. The lowest BCUT2D eigenvalue weighted by atomic mass is 10.1. The van der Waals surface area contributed by atoms with Crippen LogP contribution in [0, 0.1) is 0 Å². The molecule has 2 N–H and O–H groups in total. The smallest absolute Gasteiger partial charge is 0.0950 e. The van der Waals surface area contributed by atoms with Crippen LogP contribution < -0.4 is 5.73 Å². The highest BCUT2D eigenvalue weighted by molar-refractivity contribution is 7.98. The first-order chi connectivity index (χ1) is 7.17. The predicted octanol–water partition coefficient (Wildman–Crippen LogP) is 2.83. The zero-order chi connectivity index (χ0) is 11.3. The second-order valence-electron chi connectivity index (χ2n) is 3.68. The second kappa shape index (κ2) is 6.16. The van der Waals surface area contributed by atoms with E-state index in [1.807, 2.05) is 13.8 Å². The third-order valence-electron chi connectivity index (χ3n) is 2.14. The number of hydrogen-bond donors (Lipinski definition) is 1. The van der Waals surface area contributed by atoms with Gasteiger partial charge >= 0.3 is 0 Å². The molecule has 0 bridgehead atoms. The summed E-state index contributed by atoms with van der Waals surface area (Å²) >= 11 is 1.74. The van der Waals surface area contributed by atoms with E-state index in [1.165, 1.54) is 4.90 Å². The molecule has 1 atom stereocenters. The van der Waals surface area contributed by atoms with Gasteiger partial charge in [0.2, 0.25) is 0 Å². The van der Waals surface area contributed by atoms with Gasteiger partial charge in [0.15, 0.2) is 0 Å². The first-order valence-corrected chi connectivity index (χ1v) is 6.39. The Morgan fingerprint density at radius 2 is 1.87 bits per heavy atom. The highest BCUT2D eigenvalue weighted by Crippen LogP contribution is 2.21. The summed E-state index contributed by atoms with van der Waals surface area (Å²) in [5.74, 6) is 0. The van der Waals surface area contributed by atoms with Gasteiger partial charge in [0.05, 0.1) is 12.2 Å². The Bertz CT molecular complexity index is 284. The quantitative estimate of drug-likeness (QED) is 0.783. The minimum atomic E-state index is 0.0147. The van der Waals surface area contributed by atoms with Crippen molar-refractivity contribution in [3.05, 3.63) is 29.8 Å². The highest BCUT2D eigenvalue weighted by Gasteiger charge is 2.11. The standard InChI is InChI=1S/C12H19NOS/c1-9(2)14-12(8-13)10-4-6-11(15-3)7-5-10/h4-7,9,12H,8,13H2,1-3H3. The molecule has 2 nitrogen and oxygen atoms in total. The zero-order valence-corrected chi connectivity index (χ0v) is 10.4. The minimum absolute atomic E-state index is 0.0147. The summed E-state index contributed by atoms with van der Waals surface area (Å²) in [6.07, 6.45) is 2.29. The van der Waals surface area contributed by atoms with Crippen molar-refractivity contribution in [2.24, 2.45) is 5.73 Å². The molecule has 1 aromatic rings. The lowest BCUT2D eigenvalue weighted by Crippen LogP contribution is -2.19. The van der Waals surface area contributed by atoms with Crippen molar-refractivity contribution in [2.75, 3.05) is 12.8 Å². The summed E-state index contributed by atoms with van der Waals surface area (Å²) in [5.41, 5.74) is 6.85. The van der Waals surface area contributed by atoms with Crippen LogP contribution >= 0.6 is 11.8 Å². The highest BCUT2D eigenvalue weighted by atomic mass is 32.2. The van der Waals surface area contributed by atoms with E-state index < -0.39 is 0 Å². The van der Waals surface area contributed by atoms with E-state index in [1.54, 1.807) is 11.8 Å². The summed E-state index contributed by atoms with van der Waals surface area (Å²) in [4.78, 5) is 1.26. The molecule has 1 rings (SSSR count). The minimum Gasteiger partial charge on any atom is -0.370 e. The monoisotopic (exact) mass is 225 g/mol. The van der Waals surface area contributed by atoms with E-state index in [0.29, 0.717) is 6.54 Å². The van der Waals surface area contributed by atoms with Crippen molar-refractivity contribution in [2.45, 2.75) is 31.0 Å². The Kier molecular flexibility index (Phi) is 5.15. The van der Waals surface area contributed by atoms with Gasteiger partial charge in [-0.05, 0) is 37.8 Å². The summed E-state index contributed by atoms with van der Waals surface area (Å²) in [6.45, 7) is 4.58. The van der Waals surface area contributed by atoms with Crippen LogP contribution in [0.5, 0.6) is 0 Å². The zero-order valence-electron chi connectivity index (χ0n) is 9.57. The van der Waals surface area contributed by atoms with Crippen molar-refractivity contribution < 1.29 is 4.74 Å². The molecule has 0 aromatic heterocycles. The van der Waals surface area contributed by atoms with Crippen LogP contribution in [-0.4, -0.2) is 18.9 Å². The molecule has 0 aliphatic rings. The van der Waals surface area contributed by atoms with Crippen LogP contribution in [0.3, 0.4) is 0 Å². The Hall–Kier alpha value is -0.510. The van der Waals surface area contributed by atoms with Crippen molar-refractivity contribution in [1.82, 2.24) is 0 Å². The Morgan fingerprint density at radius 3 is 2.27 bits per heavy atom. The van der Waals surface area contributed by atoms with Crippen LogP contribution in [0.25, 0.3) is 0 Å². The van der Waals surface area contributed by atoms with Crippen LogP contribution in [0.4, 0.5) is 0 Å². The molecule has 0 saturated heterocycles. The van der Waals surface area contributed by atoms with Gasteiger partial charge in [-0.3, -0.25) is 0 Å². The summed E-state index contributed by atoms with van der Waals surface area (Å²) in [5, 5.41) is 0. The SMILES string of the molecule is CSc1ccc(C(CN)OC(C)C)cc1. The average Bonchev–Trinajstić information content (AvgIpc) is 2.26. The molecule has 0 fully saturated rings. The molecular weight excluding hydrogens is 206 g/mol. The van der Waals surface area contributed by atoms with E-state index in [2.05, 4.69) is 30.5 Å². The van der Waals surface area contributed by atoms with Gasteiger partial charge in [-0.2, -0.15) is 0 Å². The van der Waals surface area contributed by atoms with Crippen molar-refractivity contribution in [3.63, 3.8) is 0 Å². The molecule has 0 spiro atoms. The number of benzene rings is 1. The fraction of sp³-hybridized carbons (Fsp3) is 0.500. The van der Waals surface area contributed by atoms with E-state index in [9.17, 15) is 0 Å². The number of hydrogen-bond acceptors (Lipinski definition) is 3. The van der Waals surface area contributed by atoms with Gasteiger partial charge in [-0.25, -0.2) is 0 Å². The van der Waals surface area contributed by atoms with E-state index in [4.69, 9.17) is 10.5 Å². The summed E-state index contributed by atoms with van der Waals surface area (Å²) < 4.78 is 5.73. The molecule has 3 heteroatoms. The van der Waals surface area contributed by atoms with E-state index >= 15 is 0 Å². The third kappa shape index (κ3) is 3.86. The number of thioether (sulfide) groups is 1. The molecular formula is C12H19NOS. The molecule has 0 radical (unpaired) electrons. The topological polar surface area (TPSA) is 35.2 Å². The normalized spacial score (nSPS) is 13.1. The number of nitrogens with two attached hydrogens (primary N) is 1. The maximum atomic E-state index is 5.73. The van der Waals surface area contributed by atoms with Crippen molar-refractivity contribution in [3.8, 4) is 0 Å². The first kappa shape index (κ1) is 12.6. The molecule has 0 heterocycles. The van der Waals surface area contributed by atoms with Gasteiger partial charge in [0.25, 0.3) is 0 Å². The van der Waals surface area contributed by atoms with Crippen LogP contribution in [-0.2, 0) is 4.74 Å². The molecule has 0 saturated carbocycles. The van der Waals surface area contributed by atoms with Crippen LogP contribution in [0.15, 0.2) is 29.2 Å². The van der Waals surface area contributed by atoms with Gasteiger partial charge in [0, 0.05) is 11.4 Å². The second-order valence-corrected chi connectivity index (χ2v) is 4.56. The fourth-order valence-electron chi connectivity index (χ4n) is 1.42. The third-order valence-corrected chi connectivity index (χ3v) is 2.88. The van der Waals surface area contributed by atoms with Gasteiger partial charge in [0.1, 0.15) is 0 Å². The molecule has 0 amide bonds. The van der Waals surface area contributed by atoms with Crippen LogP contribution in [0.2, 0.25) is 0 Å². The summed E-state index contributed by atoms with van der Waals surface area (Å²) in [6, 6.07) is 8.39. The van der Waals surface area contributed by atoms with E-state index in [-0.39, 0.29) is 12.2 Å². The Morgan fingerprint density at radius 1 is 1.27 bits per heavy atom. The fourth-order valence-corrected chi connectivity index (χ4v) is 1.83. The predicted molar refractivity (Wildman–Crippen MR) is 66.2 cm³/mol. The number of rotatable bonds is 5. The maximum Gasteiger partial charge on any atom is 0.0950 e. The Labute approximate surface area is 96.2 Å². The van der Waals surface area contributed by atoms with Gasteiger partial charge in [-0.1, -0.05) is 12.1 Å². The van der Waals surface area contributed by atoms with Gasteiger partial charge < -0.3 is 10.5 Å². The van der Waals surface area contributed by atoms with Crippen LogP contribution in [0.1, 0.15) is 25.5 Å². The molecule has 0 aliphatic carbocycles. The van der Waals surface area contributed by atoms with Crippen molar-refractivity contribution >= 4 is 11.8 Å².